The monoisotopic (exact) mass is 214 g/mol. The van der Waals surface area contributed by atoms with Crippen molar-refractivity contribution in [2.75, 3.05) is 11.9 Å². The maximum absolute atomic E-state index is 9.25. The number of para-hydroxylation sites is 1. The van der Waals surface area contributed by atoms with Crippen molar-refractivity contribution in [2.24, 2.45) is 0 Å². The first-order chi connectivity index (χ1) is 7.83. The van der Waals surface area contributed by atoms with E-state index in [1.807, 2.05) is 54.4 Å². The summed E-state index contributed by atoms with van der Waals surface area (Å²) >= 11 is 0. The Bertz CT molecular complexity index is 456. The molecule has 1 aromatic heterocycles. The lowest BCUT2D eigenvalue weighted by Gasteiger charge is -2.20. The zero-order valence-corrected chi connectivity index (χ0v) is 9.17. The van der Waals surface area contributed by atoms with Gasteiger partial charge in [0.1, 0.15) is 5.82 Å². The summed E-state index contributed by atoms with van der Waals surface area (Å²) < 4.78 is 0. The van der Waals surface area contributed by atoms with Crippen LogP contribution in [-0.2, 0) is 6.61 Å². The summed E-state index contributed by atoms with van der Waals surface area (Å²) in [6.45, 7) is 0.000344. The summed E-state index contributed by atoms with van der Waals surface area (Å²) in [5, 5.41) is 9.25. The molecule has 0 aliphatic rings. The van der Waals surface area contributed by atoms with Crippen LogP contribution in [0.15, 0.2) is 48.7 Å². The van der Waals surface area contributed by atoms with Gasteiger partial charge in [0.15, 0.2) is 0 Å². The second kappa shape index (κ2) is 4.77. The van der Waals surface area contributed by atoms with Crippen LogP contribution < -0.4 is 4.90 Å². The Kier molecular flexibility index (Phi) is 3.17. The highest BCUT2D eigenvalue weighted by Crippen LogP contribution is 2.24. The predicted molar refractivity (Wildman–Crippen MR) is 64.7 cm³/mol. The maximum atomic E-state index is 9.25. The fourth-order valence-electron chi connectivity index (χ4n) is 1.63. The molecule has 0 spiro atoms. The number of benzene rings is 1. The molecule has 3 heteroatoms. The van der Waals surface area contributed by atoms with Crippen LogP contribution in [0.4, 0.5) is 11.5 Å². The molecule has 2 rings (SSSR count). The maximum Gasteiger partial charge on any atom is 0.138 e. The molecule has 82 valence electrons. The van der Waals surface area contributed by atoms with E-state index in [0.29, 0.717) is 0 Å². The van der Waals surface area contributed by atoms with Crippen LogP contribution in [0.5, 0.6) is 0 Å². The molecule has 0 fully saturated rings. The van der Waals surface area contributed by atoms with Gasteiger partial charge in [-0.25, -0.2) is 4.98 Å². The number of anilines is 2. The Hall–Kier alpha value is -1.87. The Morgan fingerprint density at radius 1 is 1.12 bits per heavy atom. The lowest BCUT2D eigenvalue weighted by molar-refractivity contribution is 0.282. The van der Waals surface area contributed by atoms with Crippen molar-refractivity contribution in [1.82, 2.24) is 4.98 Å². The average Bonchev–Trinajstić information content (AvgIpc) is 2.39. The minimum Gasteiger partial charge on any atom is -0.392 e. The van der Waals surface area contributed by atoms with Crippen LogP contribution in [0.25, 0.3) is 0 Å². The fraction of sp³-hybridized carbons (Fsp3) is 0.154. The summed E-state index contributed by atoms with van der Waals surface area (Å²) in [7, 11) is 1.94. The van der Waals surface area contributed by atoms with Crippen LogP contribution in [0.2, 0.25) is 0 Å². The van der Waals surface area contributed by atoms with Gasteiger partial charge >= 0.3 is 0 Å². The molecule has 0 saturated heterocycles. The van der Waals surface area contributed by atoms with Gasteiger partial charge in [0.05, 0.1) is 6.61 Å². The molecule has 1 heterocycles. The van der Waals surface area contributed by atoms with Crippen LogP contribution in [0.1, 0.15) is 5.56 Å². The number of aliphatic hydroxyl groups excluding tert-OH is 1. The van der Waals surface area contributed by atoms with E-state index in [1.54, 1.807) is 6.20 Å². The average molecular weight is 214 g/mol. The second-order valence-electron chi connectivity index (χ2n) is 3.54. The molecule has 0 aliphatic carbocycles. The third-order valence-electron chi connectivity index (χ3n) is 2.50. The lowest BCUT2D eigenvalue weighted by atomic mass is 10.2. The number of aliphatic hydroxyl groups is 1. The number of rotatable bonds is 3. The van der Waals surface area contributed by atoms with E-state index in [2.05, 4.69) is 4.98 Å². The fourth-order valence-corrected chi connectivity index (χ4v) is 1.63. The van der Waals surface area contributed by atoms with Crippen molar-refractivity contribution in [2.45, 2.75) is 6.61 Å². The summed E-state index contributed by atoms with van der Waals surface area (Å²) in [6.07, 6.45) is 1.73. The molecule has 1 aromatic carbocycles. The molecular formula is C13H14N2O. The van der Waals surface area contributed by atoms with Crippen LogP contribution in [0.3, 0.4) is 0 Å². The first kappa shape index (κ1) is 10.6. The third-order valence-corrected chi connectivity index (χ3v) is 2.50. The van der Waals surface area contributed by atoms with Crippen LogP contribution in [0, 0.1) is 0 Å². The number of nitrogens with zero attached hydrogens (tertiary/aromatic N) is 2. The van der Waals surface area contributed by atoms with E-state index in [9.17, 15) is 5.11 Å². The van der Waals surface area contributed by atoms with Gasteiger partial charge in [-0.05, 0) is 18.2 Å². The van der Waals surface area contributed by atoms with Gasteiger partial charge in [-0.15, -0.1) is 0 Å². The largest absolute Gasteiger partial charge is 0.392 e. The first-order valence-electron chi connectivity index (χ1n) is 5.16. The standard InChI is InChI=1S/C13H14N2O/c1-15(12-7-3-2-4-8-12)13-11(10-16)6-5-9-14-13/h2-9,16H,10H2,1H3. The number of pyridine rings is 1. The number of hydrogen-bond donors (Lipinski definition) is 1. The van der Waals surface area contributed by atoms with E-state index in [1.165, 1.54) is 0 Å². The number of hydrogen-bond acceptors (Lipinski definition) is 3. The third kappa shape index (κ3) is 2.04. The SMILES string of the molecule is CN(c1ccccc1)c1ncccc1CO. The second-order valence-corrected chi connectivity index (χ2v) is 3.54. The van der Waals surface area contributed by atoms with Gasteiger partial charge in [0.25, 0.3) is 0 Å². The molecule has 0 saturated carbocycles. The lowest BCUT2D eigenvalue weighted by Crippen LogP contribution is -2.13. The smallest absolute Gasteiger partial charge is 0.138 e. The topological polar surface area (TPSA) is 36.4 Å². The van der Waals surface area contributed by atoms with Crippen molar-refractivity contribution >= 4 is 11.5 Å². The van der Waals surface area contributed by atoms with Gasteiger partial charge < -0.3 is 10.0 Å². The van der Waals surface area contributed by atoms with Crippen molar-refractivity contribution in [3.8, 4) is 0 Å². The summed E-state index contributed by atoms with van der Waals surface area (Å²) in [5.74, 6) is 0.788. The van der Waals surface area contributed by atoms with E-state index < -0.39 is 0 Å². The van der Waals surface area contributed by atoms with E-state index >= 15 is 0 Å². The molecular weight excluding hydrogens is 200 g/mol. The Balaban J connectivity index is 2.37. The van der Waals surface area contributed by atoms with Gasteiger partial charge in [0, 0.05) is 24.5 Å². The summed E-state index contributed by atoms with van der Waals surface area (Å²) in [6, 6.07) is 13.7. The van der Waals surface area contributed by atoms with Gasteiger partial charge in [-0.1, -0.05) is 24.3 Å². The zero-order valence-electron chi connectivity index (χ0n) is 9.17. The van der Waals surface area contributed by atoms with E-state index in [0.717, 1.165) is 17.1 Å². The normalized spacial score (nSPS) is 10.1. The molecule has 0 aliphatic heterocycles. The molecule has 0 radical (unpaired) electrons. The minimum atomic E-state index is 0.000344. The highest BCUT2D eigenvalue weighted by atomic mass is 16.3. The van der Waals surface area contributed by atoms with Crippen molar-refractivity contribution < 1.29 is 5.11 Å². The molecule has 0 unspecified atom stereocenters. The quantitative estimate of drug-likeness (QED) is 0.852. The Morgan fingerprint density at radius 3 is 2.56 bits per heavy atom. The van der Waals surface area contributed by atoms with Crippen LogP contribution >= 0.6 is 0 Å². The van der Waals surface area contributed by atoms with Gasteiger partial charge in [0.2, 0.25) is 0 Å². The first-order valence-corrected chi connectivity index (χ1v) is 5.16. The van der Waals surface area contributed by atoms with E-state index in [4.69, 9.17) is 0 Å². The summed E-state index contributed by atoms with van der Waals surface area (Å²) in [5.41, 5.74) is 1.88. The number of aromatic nitrogens is 1. The Morgan fingerprint density at radius 2 is 1.88 bits per heavy atom. The predicted octanol–water partition coefficient (Wildman–Crippen LogP) is 2.34. The molecule has 0 bridgehead atoms. The molecule has 0 amide bonds. The van der Waals surface area contributed by atoms with Crippen molar-refractivity contribution in [1.29, 1.82) is 0 Å². The van der Waals surface area contributed by atoms with Gasteiger partial charge in [-0.2, -0.15) is 0 Å². The minimum absolute atomic E-state index is 0.000344. The Labute approximate surface area is 95.0 Å². The zero-order chi connectivity index (χ0) is 11.4. The molecule has 3 nitrogen and oxygen atoms in total. The van der Waals surface area contributed by atoms with Crippen LogP contribution in [-0.4, -0.2) is 17.1 Å². The molecule has 16 heavy (non-hydrogen) atoms. The van der Waals surface area contributed by atoms with E-state index in [-0.39, 0.29) is 6.61 Å². The summed E-state index contributed by atoms with van der Waals surface area (Å²) in [4.78, 5) is 6.26. The highest BCUT2D eigenvalue weighted by Gasteiger charge is 2.08. The van der Waals surface area contributed by atoms with Gasteiger partial charge in [-0.3, -0.25) is 0 Å². The molecule has 2 aromatic rings. The van der Waals surface area contributed by atoms with Crippen molar-refractivity contribution in [3.63, 3.8) is 0 Å². The molecule has 0 atom stereocenters. The molecule has 1 N–H and O–H groups in total. The van der Waals surface area contributed by atoms with Crippen molar-refractivity contribution in [3.05, 3.63) is 54.2 Å². The highest BCUT2D eigenvalue weighted by molar-refractivity contribution is 5.61.